The molecule has 1 aromatic carbocycles. The first-order valence-corrected chi connectivity index (χ1v) is 6.48. The Morgan fingerprint density at radius 1 is 1.33 bits per heavy atom. The van der Waals surface area contributed by atoms with Crippen LogP contribution < -0.4 is 10.1 Å². The molecule has 1 aromatic heterocycles. The number of nitrogens with zero attached hydrogens (tertiary/aromatic N) is 2. The van der Waals surface area contributed by atoms with Crippen molar-refractivity contribution < 1.29 is 9.53 Å². The normalized spacial score (nSPS) is 11.5. The van der Waals surface area contributed by atoms with Crippen LogP contribution in [0.4, 0.5) is 10.5 Å². The van der Waals surface area contributed by atoms with Crippen LogP contribution in [0.3, 0.4) is 0 Å². The number of nitroso groups, excluding NO2 is 1. The number of ether oxygens (including phenoxy) is 1. The number of aromatic nitrogens is 1. The Morgan fingerprint density at radius 2 is 2.10 bits per heavy atom. The van der Waals surface area contributed by atoms with Crippen LogP contribution in [0.2, 0.25) is 0 Å². The predicted octanol–water partition coefficient (Wildman–Crippen LogP) is 3.20. The van der Waals surface area contributed by atoms with E-state index < -0.39 is 6.09 Å². The van der Waals surface area contributed by atoms with Gasteiger partial charge in [0.1, 0.15) is 11.4 Å². The Labute approximate surface area is 122 Å². The molecule has 0 bridgehead atoms. The Morgan fingerprint density at radius 3 is 2.71 bits per heavy atom. The lowest BCUT2D eigenvalue weighted by Gasteiger charge is -2.13. The minimum Gasteiger partial charge on any atom is -0.410 e. The van der Waals surface area contributed by atoms with Crippen molar-refractivity contribution in [1.29, 1.82) is 0 Å². The van der Waals surface area contributed by atoms with Crippen molar-refractivity contribution >= 4 is 11.8 Å². The van der Waals surface area contributed by atoms with Gasteiger partial charge in [0.15, 0.2) is 0 Å². The number of nitrogens with one attached hydrogen (secondary N) is 1. The zero-order valence-corrected chi connectivity index (χ0v) is 11.5. The van der Waals surface area contributed by atoms with E-state index in [4.69, 9.17) is 4.74 Å². The third kappa shape index (κ3) is 4.68. The Hall–Kier alpha value is -2.76. The van der Waals surface area contributed by atoms with Crippen molar-refractivity contribution in [3.8, 4) is 5.75 Å². The van der Waals surface area contributed by atoms with Crippen LogP contribution in [-0.2, 0) is 6.42 Å². The van der Waals surface area contributed by atoms with E-state index in [-0.39, 0.29) is 11.7 Å². The molecule has 108 valence electrons. The number of hydrogen-bond donors (Lipinski definition) is 1. The van der Waals surface area contributed by atoms with Crippen LogP contribution >= 0.6 is 0 Å². The highest BCUT2D eigenvalue weighted by molar-refractivity contribution is 5.70. The van der Waals surface area contributed by atoms with Crippen molar-refractivity contribution in [2.45, 2.75) is 19.4 Å². The molecule has 1 unspecified atom stereocenters. The first kappa shape index (κ1) is 14.6. The fourth-order valence-corrected chi connectivity index (χ4v) is 1.84. The second kappa shape index (κ2) is 7.14. The van der Waals surface area contributed by atoms with E-state index in [1.165, 1.54) is 24.3 Å². The summed E-state index contributed by atoms with van der Waals surface area (Å²) in [4.78, 5) is 26.0. The van der Waals surface area contributed by atoms with Crippen LogP contribution in [0.1, 0.15) is 12.5 Å². The molecular formula is C15H15N3O3. The van der Waals surface area contributed by atoms with E-state index >= 15 is 0 Å². The van der Waals surface area contributed by atoms with Crippen molar-refractivity contribution in [3.63, 3.8) is 0 Å². The van der Waals surface area contributed by atoms with Gasteiger partial charge in [0, 0.05) is 18.4 Å². The maximum atomic E-state index is 11.7. The minimum atomic E-state index is -0.543. The molecule has 0 aliphatic rings. The molecule has 0 saturated heterocycles. The van der Waals surface area contributed by atoms with Gasteiger partial charge in [0.25, 0.3) is 0 Å². The highest BCUT2D eigenvalue weighted by atomic mass is 16.6. The standard InChI is InChI=1S/C15H15N3O3/c1-11(9-12-3-2-8-16-10-12)17-15(19)21-14-6-4-13(18-20)5-7-14/h2-8,10-11H,9H2,1H3,(H,17,19). The average Bonchev–Trinajstić information content (AvgIpc) is 2.48. The average molecular weight is 285 g/mol. The minimum absolute atomic E-state index is 0.0855. The van der Waals surface area contributed by atoms with Crippen molar-refractivity contribution in [1.82, 2.24) is 10.3 Å². The molecule has 21 heavy (non-hydrogen) atoms. The number of pyridine rings is 1. The molecule has 1 amide bonds. The second-order valence-corrected chi connectivity index (χ2v) is 4.59. The Bertz CT molecular complexity index is 599. The third-order valence-electron chi connectivity index (χ3n) is 2.78. The Balaban J connectivity index is 1.84. The van der Waals surface area contributed by atoms with Gasteiger partial charge in [-0.25, -0.2) is 4.79 Å². The molecule has 0 aliphatic carbocycles. The summed E-state index contributed by atoms with van der Waals surface area (Å²) < 4.78 is 5.11. The van der Waals surface area contributed by atoms with E-state index in [0.717, 1.165) is 5.56 Å². The number of carbonyl (C=O) groups excluding carboxylic acids is 1. The lowest BCUT2D eigenvalue weighted by atomic mass is 10.1. The molecule has 0 spiro atoms. The van der Waals surface area contributed by atoms with Gasteiger partial charge in [0.2, 0.25) is 0 Å². The quantitative estimate of drug-likeness (QED) is 0.855. The van der Waals surface area contributed by atoms with Crippen molar-refractivity contribution in [3.05, 3.63) is 59.3 Å². The first-order valence-electron chi connectivity index (χ1n) is 6.48. The predicted molar refractivity (Wildman–Crippen MR) is 78.5 cm³/mol. The molecule has 2 rings (SSSR count). The zero-order valence-electron chi connectivity index (χ0n) is 11.5. The summed E-state index contributed by atoms with van der Waals surface area (Å²) in [5.41, 5.74) is 1.32. The number of hydrogen-bond acceptors (Lipinski definition) is 5. The highest BCUT2D eigenvalue weighted by Gasteiger charge is 2.10. The van der Waals surface area contributed by atoms with Gasteiger partial charge < -0.3 is 10.1 Å². The molecule has 0 radical (unpaired) electrons. The van der Waals surface area contributed by atoms with Crippen LogP contribution in [-0.4, -0.2) is 17.1 Å². The van der Waals surface area contributed by atoms with Gasteiger partial charge in [-0.15, -0.1) is 4.91 Å². The van der Waals surface area contributed by atoms with Gasteiger partial charge in [-0.05, 0) is 54.4 Å². The zero-order chi connectivity index (χ0) is 15.1. The lowest BCUT2D eigenvalue weighted by Crippen LogP contribution is -2.36. The van der Waals surface area contributed by atoms with Gasteiger partial charge in [-0.3, -0.25) is 4.98 Å². The van der Waals surface area contributed by atoms with Crippen LogP contribution in [0.15, 0.2) is 54.0 Å². The molecule has 1 N–H and O–H groups in total. The van der Waals surface area contributed by atoms with Crippen molar-refractivity contribution in [2.75, 3.05) is 0 Å². The summed E-state index contributed by atoms with van der Waals surface area (Å²) in [6.07, 6.45) is 3.58. The molecule has 0 fully saturated rings. The van der Waals surface area contributed by atoms with Gasteiger partial charge in [-0.2, -0.15) is 0 Å². The van der Waals surface area contributed by atoms with Gasteiger partial charge >= 0.3 is 6.09 Å². The number of benzene rings is 1. The van der Waals surface area contributed by atoms with E-state index in [1.807, 2.05) is 19.1 Å². The monoisotopic (exact) mass is 285 g/mol. The molecule has 0 aliphatic heterocycles. The fraction of sp³-hybridized carbons (Fsp3) is 0.200. The molecule has 1 heterocycles. The molecular weight excluding hydrogens is 270 g/mol. The van der Waals surface area contributed by atoms with Crippen LogP contribution in [0.25, 0.3) is 0 Å². The first-order chi connectivity index (χ1) is 10.2. The van der Waals surface area contributed by atoms with Gasteiger partial charge in [-0.1, -0.05) is 6.07 Å². The maximum Gasteiger partial charge on any atom is 0.412 e. The van der Waals surface area contributed by atoms with Gasteiger partial charge in [0.05, 0.1) is 0 Å². The third-order valence-corrected chi connectivity index (χ3v) is 2.78. The molecule has 0 saturated carbocycles. The van der Waals surface area contributed by atoms with E-state index in [0.29, 0.717) is 12.2 Å². The second-order valence-electron chi connectivity index (χ2n) is 4.59. The largest absolute Gasteiger partial charge is 0.412 e. The summed E-state index contributed by atoms with van der Waals surface area (Å²) in [5.74, 6) is 0.355. The Kier molecular flexibility index (Phi) is 4.98. The smallest absolute Gasteiger partial charge is 0.410 e. The lowest BCUT2D eigenvalue weighted by molar-refractivity contribution is 0.197. The summed E-state index contributed by atoms with van der Waals surface area (Å²) >= 11 is 0. The molecule has 6 nitrogen and oxygen atoms in total. The van der Waals surface area contributed by atoms with Crippen LogP contribution in [0.5, 0.6) is 5.75 Å². The number of carbonyl (C=O) groups is 1. The van der Waals surface area contributed by atoms with E-state index in [1.54, 1.807) is 12.4 Å². The summed E-state index contributed by atoms with van der Waals surface area (Å²) in [6.45, 7) is 1.88. The summed E-state index contributed by atoms with van der Waals surface area (Å²) in [7, 11) is 0. The van der Waals surface area contributed by atoms with E-state index in [2.05, 4.69) is 15.5 Å². The SMILES string of the molecule is CC(Cc1cccnc1)NC(=O)Oc1ccc(N=O)cc1. The number of rotatable bonds is 5. The molecule has 6 heteroatoms. The molecule has 2 aromatic rings. The summed E-state index contributed by atoms with van der Waals surface area (Å²) in [6, 6.07) is 9.70. The molecule has 1 atom stereocenters. The maximum absolute atomic E-state index is 11.7. The topological polar surface area (TPSA) is 80.7 Å². The summed E-state index contributed by atoms with van der Waals surface area (Å²) in [5, 5.41) is 5.51. The fourth-order valence-electron chi connectivity index (χ4n) is 1.84. The highest BCUT2D eigenvalue weighted by Crippen LogP contribution is 2.17. The number of amides is 1. The van der Waals surface area contributed by atoms with Crippen molar-refractivity contribution in [2.24, 2.45) is 5.18 Å². The van der Waals surface area contributed by atoms with E-state index in [9.17, 15) is 9.70 Å². The van der Waals surface area contributed by atoms with Crippen LogP contribution in [0, 0.1) is 4.91 Å².